The minimum absolute atomic E-state index is 0.152. The van der Waals surface area contributed by atoms with Gasteiger partial charge in [0, 0.05) is 12.5 Å². The van der Waals surface area contributed by atoms with E-state index in [0.29, 0.717) is 6.42 Å². The van der Waals surface area contributed by atoms with E-state index in [9.17, 15) is 9.90 Å². The second-order valence-electron chi connectivity index (χ2n) is 4.09. The highest BCUT2D eigenvalue weighted by atomic mass is 16.5. The Labute approximate surface area is 96.7 Å². The summed E-state index contributed by atoms with van der Waals surface area (Å²) in [5.74, 6) is -0.152. The molecule has 0 spiro atoms. The molecule has 1 aliphatic heterocycles. The van der Waals surface area contributed by atoms with E-state index in [1.54, 1.807) is 0 Å². The van der Waals surface area contributed by atoms with Crippen LogP contribution in [0.25, 0.3) is 0 Å². The van der Waals surface area contributed by atoms with Crippen LogP contribution in [0.4, 0.5) is 0 Å². The molecule has 1 saturated heterocycles. The van der Waals surface area contributed by atoms with E-state index in [2.05, 4.69) is 22.2 Å². The second-order valence-corrected chi connectivity index (χ2v) is 4.09. The minimum Gasteiger partial charge on any atom is -0.469 e. The van der Waals surface area contributed by atoms with Gasteiger partial charge < -0.3 is 15.2 Å². The summed E-state index contributed by atoms with van der Waals surface area (Å²) in [4.78, 5) is 10.8. The van der Waals surface area contributed by atoms with Gasteiger partial charge in [0.1, 0.15) is 0 Å². The largest absolute Gasteiger partial charge is 0.469 e. The fraction of sp³-hybridized carbons (Fsp3) is 0.750. The molecule has 0 aromatic rings. The Hall–Kier alpha value is -0.870. The molecule has 0 aromatic carbocycles. The number of allylic oxidation sites excluding steroid dienone is 1. The molecule has 0 bridgehead atoms. The number of ether oxygens (including phenoxy) is 1. The lowest BCUT2D eigenvalue weighted by atomic mass is 10.1. The molecular formula is C12H21NO3. The summed E-state index contributed by atoms with van der Waals surface area (Å²) in [6.45, 7) is 0.905. The molecule has 1 fully saturated rings. The molecule has 16 heavy (non-hydrogen) atoms. The third-order valence-corrected chi connectivity index (χ3v) is 2.85. The molecule has 0 amide bonds. The first-order chi connectivity index (χ1) is 7.74. The second kappa shape index (κ2) is 7.41. The van der Waals surface area contributed by atoms with Crippen LogP contribution in [0.3, 0.4) is 0 Å². The van der Waals surface area contributed by atoms with Gasteiger partial charge >= 0.3 is 5.97 Å². The fourth-order valence-electron chi connectivity index (χ4n) is 1.82. The van der Waals surface area contributed by atoms with Crippen LogP contribution < -0.4 is 5.32 Å². The first-order valence-electron chi connectivity index (χ1n) is 5.87. The van der Waals surface area contributed by atoms with Crippen molar-refractivity contribution in [3.63, 3.8) is 0 Å². The zero-order valence-electron chi connectivity index (χ0n) is 9.82. The van der Waals surface area contributed by atoms with E-state index < -0.39 is 0 Å². The predicted molar refractivity (Wildman–Crippen MR) is 62.0 cm³/mol. The average molecular weight is 227 g/mol. The molecule has 2 atom stereocenters. The first kappa shape index (κ1) is 13.2. The van der Waals surface area contributed by atoms with Gasteiger partial charge in [0.25, 0.3) is 0 Å². The number of hydrogen-bond acceptors (Lipinski definition) is 4. The van der Waals surface area contributed by atoms with Gasteiger partial charge in [-0.2, -0.15) is 0 Å². The number of carbonyl (C=O) groups excluding carboxylic acids is 1. The zero-order valence-corrected chi connectivity index (χ0v) is 9.82. The number of rotatable bonds is 6. The highest BCUT2D eigenvalue weighted by molar-refractivity contribution is 5.68. The van der Waals surface area contributed by atoms with Gasteiger partial charge in [0.2, 0.25) is 0 Å². The Morgan fingerprint density at radius 3 is 3.00 bits per heavy atom. The Bertz CT molecular complexity index is 240. The van der Waals surface area contributed by atoms with Crippen molar-refractivity contribution < 1.29 is 14.6 Å². The van der Waals surface area contributed by atoms with Crippen LogP contribution in [-0.4, -0.2) is 36.9 Å². The summed E-state index contributed by atoms with van der Waals surface area (Å²) < 4.78 is 4.55. The van der Waals surface area contributed by atoms with Gasteiger partial charge in [-0.1, -0.05) is 12.2 Å². The van der Waals surface area contributed by atoms with Crippen molar-refractivity contribution in [2.24, 2.45) is 0 Å². The summed E-state index contributed by atoms with van der Waals surface area (Å²) >= 11 is 0. The lowest BCUT2D eigenvalue weighted by molar-refractivity contribution is -0.140. The Morgan fingerprint density at radius 2 is 2.38 bits per heavy atom. The van der Waals surface area contributed by atoms with Crippen molar-refractivity contribution in [1.82, 2.24) is 5.32 Å². The zero-order chi connectivity index (χ0) is 11.8. The Kier molecular flexibility index (Phi) is 6.11. The van der Waals surface area contributed by atoms with E-state index in [0.717, 1.165) is 32.2 Å². The predicted octanol–water partition coefficient (Wildman–Crippen LogP) is 0.999. The SMILES string of the molecule is COC(=O)CCC/C=C\CC1NCCC1O. The summed E-state index contributed by atoms with van der Waals surface area (Å²) in [6, 6.07) is 0.205. The van der Waals surface area contributed by atoms with Crippen LogP contribution in [0.2, 0.25) is 0 Å². The monoisotopic (exact) mass is 227 g/mol. The van der Waals surface area contributed by atoms with E-state index in [4.69, 9.17) is 0 Å². The topological polar surface area (TPSA) is 58.6 Å². The van der Waals surface area contributed by atoms with Crippen molar-refractivity contribution in [2.45, 2.75) is 44.2 Å². The van der Waals surface area contributed by atoms with Gasteiger partial charge in [-0.3, -0.25) is 4.79 Å². The molecule has 2 unspecified atom stereocenters. The molecule has 0 saturated carbocycles. The third-order valence-electron chi connectivity index (χ3n) is 2.85. The highest BCUT2D eigenvalue weighted by Crippen LogP contribution is 2.10. The third kappa shape index (κ3) is 4.77. The van der Waals surface area contributed by atoms with Crippen LogP contribution in [0.1, 0.15) is 32.1 Å². The fourth-order valence-corrected chi connectivity index (χ4v) is 1.82. The van der Waals surface area contributed by atoms with Crippen molar-refractivity contribution >= 4 is 5.97 Å². The summed E-state index contributed by atoms with van der Waals surface area (Å²) in [5.41, 5.74) is 0. The van der Waals surface area contributed by atoms with Crippen LogP contribution >= 0.6 is 0 Å². The molecule has 92 valence electrons. The first-order valence-corrected chi connectivity index (χ1v) is 5.87. The maximum atomic E-state index is 10.8. The molecule has 0 aliphatic carbocycles. The number of carbonyl (C=O) groups is 1. The number of aliphatic hydroxyl groups is 1. The summed E-state index contributed by atoms with van der Waals surface area (Å²) in [7, 11) is 1.41. The molecule has 2 N–H and O–H groups in total. The number of nitrogens with one attached hydrogen (secondary N) is 1. The van der Waals surface area contributed by atoms with Crippen LogP contribution in [0.15, 0.2) is 12.2 Å². The van der Waals surface area contributed by atoms with Crippen LogP contribution in [0, 0.1) is 0 Å². The highest BCUT2D eigenvalue weighted by Gasteiger charge is 2.22. The summed E-state index contributed by atoms with van der Waals surface area (Å²) in [6.07, 6.45) is 7.83. The molecule has 4 heteroatoms. The standard InChI is InChI=1S/C12H21NO3/c1-16-12(15)7-5-3-2-4-6-10-11(14)8-9-13-10/h2,4,10-11,13-14H,3,5-9H2,1H3/b4-2-. The van der Waals surface area contributed by atoms with Crippen LogP contribution in [0.5, 0.6) is 0 Å². The Balaban J connectivity index is 2.02. The van der Waals surface area contributed by atoms with Gasteiger partial charge in [0.15, 0.2) is 0 Å². The van der Waals surface area contributed by atoms with E-state index in [1.807, 2.05) is 0 Å². The van der Waals surface area contributed by atoms with E-state index in [1.165, 1.54) is 7.11 Å². The van der Waals surface area contributed by atoms with Crippen molar-refractivity contribution in [3.8, 4) is 0 Å². The quantitative estimate of drug-likeness (QED) is 0.404. The van der Waals surface area contributed by atoms with Gasteiger partial charge in [-0.25, -0.2) is 0 Å². The van der Waals surface area contributed by atoms with Gasteiger partial charge in [0.05, 0.1) is 13.2 Å². The Morgan fingerprint density at radius 1 is 1.56 bits per heavy atom. The molecule has 4 nitrogen and oxygen atoms in total. The number of unbranched alkanes of at least 4 members (excludes halogenated alkanes) is 1. The average Bonchev–Trinajstić information content (AvgIpc) is 2.69. The number of methoxy groups -OCH3 is 1. The number of aliphatic hydroxyl groups excluding tert-OH is 1. The van der Waals surface area contributed by atoms with Crippen molar-refractivity contribution in [2.75, 3.05) is 13.7 Å². The molecule has 1 heterocycles. The molecule has 0 radical (unpaired) electrons. The summed E-state index contributed by atoms with van der Waals surface area (Å²) in [5, 5.41) is 12.8. The lowest BCUT2D eigenvalue weighted by Crippen LogP contribution is -2.29. The van der Waals surface area contributed by atoms with Gasteiger partial charge in [-0.05, 0) is 32.2 Å². The molecule has 1 aliphatic rings. The van der Waals surface area contributed by atoms with Crippen molar-refractivity contribution in [3.05, 3.63) is 12.2 Å². The molecule has 1 rings (SSSR count). The number of esters is 1. The maximum Gasteiger partial charge on any atom is 0.305 e. The van der Waals surface area contributed by atoms with Crippen molar-refractivity contribution in [1.29, 1.82) is 0 Å². The van der Waals surface area contributed by atoms with E-state index >= 15 is 0 Å². The van der Waals surface area contributed by atoms with E-state index in [-0.39, 0.29) is 18.1 Å². The molecular weight excluding hydrogens is 206 g/mol. The van der Waals surface area contributed by atoms with Crippen LogP contribution in [-0.2, 0) is 9.53 Å². The molecule has 0 aromatic heterocycles. The number of hydrogen-bond donors (Lipinski definition) is 2. The normalized spacial score (nSPS) is 25.1. The minimum atomic E-state index is -0.209. The smallest absolute Gasteiger partial charge is 0.305 e. The lowest BCUT2D eigenvalue weighted by Gasteiger charge is -2.11. The maximum absolute atomic E-state index is 10.8. The van der Waals surface area contributed by atoms with Gasteiger partial charge in [-0.15, -0.1) is 0 Å².